The van der Waals surface area contributed by atoms with E-state index in [1.54, 1.807) is 11.6 Å². The van der Waals surface area contributed by atoms with Gasteiger partial charge in [-0.25, -0.2) is 4.79 Å². The number of imidazole rings is 1. The molecule has 7 nitrogen and oxygen atoms in total. The molecule has 0 radical (unpaired) electrons. The third-order valence-corrected chi connectivity index (χ3v) is 3.16. The molecular weight excluding hydrogens is 246 g/mol. The first-order valence-electron chi connectivity index (χ1n) is 6.13. The summed E-state index contributed by atoms with van der Waals surface area (Å²) in [5, 5.41) is 0. The summed E-state index contributed by atoms with van der Waals surface area (Å²) in [5.41, 5.74) is -0.240. The number of fused-ring (bicyclic) bond motifs is 1. The van der Waals surface area contributed by atoms with Gasteiger partial charge >= 0.3 is 5.69 Å². The molecule has 0 aliphatic heterocycles. The highest BCUT2D eigenvalue weighted by molar-refractivity contribution is 5.77. The monoisotopic (exact) mass is 263 g/mol. The smallest absolute Gasteiger partial charge is 0.329 e. The lowest BCUT2D eigenvalue weighted by Gasteiger charge is -2.19. The molecule has 0 unspecified atom stereocenters. The van der Waals surface area contributed by atoms with Crippen LogP contribution in [-0.2, 0) is 7.05 Å². The van der Waals surface area contributed by atoms with Crippen LogP contribution in [0.15, 0.2) is 16.2 Å². The van der Waals surface area contributed by atoms with E-state index in [4.69, 9.17) is 0 Å². The van der Waals surface area contributed by atoms with Crippen LogP contribution in [0.5, 0.6) is 0 Å². The first kappa shape index (κ1) is 13.1. The van der Waals surface area contributed by atoms with Crippen LogP contribution in [0, 0.1) is 0 Å². The minimum Gasteiger partial charge on any atom is -0.342 e. The van der Waals surface area contributed by atoms with E-state index in [9.17, 15) is 9.59 Å². The largest absolute Gasteiger partial charge is 0.342 e. The normalized spacial score (nSPS) is 10.9. The van der Waals surface area contributed by atoms with Gasteiger partial charge in [-0.05, 0) is 13.8 Å². The van der Waals surface area contributed by atoms with Crippen LogP contribution >= 0.6 is 0 Å². The van der Waals surface area contributed by atoms with E-state index in [1.807, 2.05) is 18.7 Å². The van der Waals surface area contributed by atoms with Gasteiger partial charge < -0.3 is 4.90 Å². The Kier molecular flexibility index (Phi) is 3.28. The van der Waals surface area contributed by atoms with E-state index in [0.29, 0.717) is 17.1 Å². The second kappa shape index (κ2) is 4.75. The van der Waals surface area contributed by atoms with E-state index in [1.165, 1.54) is 10.8 Å². The standard InChI is InChI=1S/C12H17N5O2/c1-5-16(6-2)11-13-9-8(17(11)7-3)10(18)14-12(19)15(9)4/h7H,3,5-6H2,1-2,4H3,(H,14,18,19). The Morgan fingerprint density at radius 3 is 2.53 bits per heavy atom. The maximum absolute atomic E-state index is 11.9. The lowest BCUT2D eigenvalue weighted by atomic mass is 10.5. The molecule has 7 heteroatoms. The van der Waals surface area contributed by atoms with E-state index >= 15 is 0 Å². The molecule has 0 aliphatic carbocycles. The molecule has 0 aromatic carbocycles. The van der Waals surface area contributed by atoms with Gasteiger partial charge in [-0.3, -0.25) is 18.9 Å². The number of rotatable bonds is 4. The van der Waals surface area contributed by atoms with Gasteiger partial charge in [0.25, 0.3) is 5.56 Å². The van der Waals surface area contributed by atoms with Crippen LogP contribution in [0.2, 0.25) is 0 Å². The maximum atomic E-state index is 11.9. The molecule has 102 valence electrons. The van der Waals surface area contributed by atoms with Crippen molar-refractivity contribution in [2.75, 3.05) is 18.0 Å². The average molecular weight is 263 g/mol. The number of nitrogens with one attached hydrogen (secondary N) is 1. The summed E-state index contributed by atoms with van der Waals surface area (Å²) in [4.78, 5) is 32.2. The fraction of sp³-hybridized carbons (Fsp3) is 0.417. The third-order valence-electron chi connectivity index (χ3n) is 3.16. The maximum Gasteiger partial charge on any atom is 0.329 e. The van der Waals surface area contributed by atoms with Crippen LogP contribution in [0.25, 0.3) is 17.4 Å². The van der Waals surface area contributed by atoms with E-state index in [2.05, 4.69) is 16.5 Å². The summed E-state index contributed by atoms with van der Waals surface area (Å²) in [6.45, 7) is 9.21. The number of hydrogen-bond donors (Lipinski definition) is 1. The van der Waals surface area contributed by atoms with E-state index < -0.39 is 11.2 Å². The van der Waals surface area contributed by atoms with Crippen molar-refractivity contribution in [3.05, 3.63) is 27.4 Å². The van der Waals surface area contributed by atoms with Gasteiger partial charge in [0.15, 0.2) is 11.2 Å². The Bertz CT molecular complexity index is 733. The number of anilines is 1. The Morgan fingerprint density at radius 1 is 1.37 bits per heavy atom. The highest BCUT2D eigenvalue weighted by Crippen LogP contribution is 2.19. The van der Waals surface area contributed by atoms with Crippen LogP contribution in [0.4, 0.5) is 5.95 Å². The summed E-state index contributed by atoms with van der Waals surface area (Å²) >= 11 is 0. The molecule has 2 rings (SSSR count). The summed E-state index contributed by atoms with van der Waals surface area (Å²) in [5.74, 6) is 0.613. The quantitative estimate of drug-likeness (QED) is 0.864. The van der Waals surface area contributed by atoms with E-state index in [0.717, 1.165) is 13.1 Å². The Morgan fingerprint density at radius 2 is 2.00 bits per heavy atom. The predicted molar refractivity (Wildman–Crippen MR) is 75.5 cm³/mol. The average Bonchev–Trinajstić information content (AvgIpc) is 2.77. The molecule has 0 amide bonds. The fourth-order valence-electron chi connectivity index (χ4n) is 2.09. The van der Waals surface area contributed by atoms with Gasteiger partial charge in [-0.1, -0.05) is 6.58 Å². The highest BCUT2D eigenvalue weighted by atomic mass is 16.2. The molecule has 0 aliphatic rings. The fourth-order valence-corrected chi connectivity index (χ4v) is 2.09. The molecule has 1 N–H and O–H groups in total. The van der Waals surface area contributed by atoms with Crippen molar-refractivity contribution in [2.24, 2.45) is 7.05 Å². The first-order valence-corrected chi connectivity index (χ1v) is 6.13. The number of aryl methyl sites for hydroxylation is 1. The van der Waals surface area contributed by atoms with Crippen molar-refractivity contribution in [3.8, 4) is 0 Å². The zero-order chi connectivity index (χ0) is 14.2. The second-order valence-corrected chi connectivity index (χ2v) is 4.13. The molecular formula is C12H17N5O2. The first-order chi connectivity index (χ1) is 9.04. The van der Waals surface area contributed by atoms with Crippen molar-refractivity contribution in [1.29, 1.82) is 0 Å². The summed E-state index contributed by atoms with van der Waals surface area (Å²) in [6, 6.07) is 0. The number of hydrogen-bond acceptors (Lipinski definition) is 4. The lowest BCUT2D eigenvalue weighted by molar-refractivity contribution is 0.814. The van der Waals surface area contributed by atoms with Gasteiger partial charge in [-0.2, -0.15) is 4.98 Å². The number of aromatic amines is 1. The molecule has 0 fully saturated rings. The zero-order valence-electron chi connectivity index (χ0n) is 11.3. The van der Waals surface area contributed by atoms with Gasteiger partial charge in [-0.15, -0.1) is 0 Å². The topological polar surface area (TPSA) is 75.9 Å². The van der Waals surface area contributed by atoms with E-state index in [-0.39, 0.29) is 0 Å². The van der Waals surface area contributed by atoms with Gasteiger partial charge in [0.2, 0.25) is 5.95 Å². The molecule has 2 aromatic heterocycles. The third kappa shape index (κ3) is 1.87. The van der Waals surface area contributed by atoms with Crippen LogP contribution in [0.3, 0.4) is 0 Å². The number of nitrogens with zero attached hydrogens (tertiary/aromatic N) is 4. The predicted octanol–water partition coefficient (Wildman–Crippen LogP) is 0.370. The van der Waals surface area contributed by atoms with Gasteiger partial charge in [0.1, 0.15) is 0 Å². The van der Waals surface area contributed by atoms with Crippen molar-refractivity contribution in [1.82, 2.24) is 19.1 Å². The van der Waals surface area contributed by atoms with Gasteiger partial charge in [0.05, 0.1) is 0 Å². The highest BCUT2D eigenvalue weighted by Gasteiger charge is 2.18. The van der Waals surface area contributed by atoms with Crippen LogP contribution in [0.1, 0.15) is 13.8 Å². The van der Waals surface area contributed by atoms with Crippen molar-refractivity contribution in [2.45, 2.75) is 13.8 Å². The van der Waals surface area contributed by atoms with Gasteiger partial charge in [0, 0.05) is 26.3 Å². The lowest BCUT2D eigenvalue weighted by Crippen LogP contribution is -2.29. The van der Waals surface area contributed by atoms with Crippen LogP contribution in [-0.4, -0.2) is 32.2 Å². The zero-order valence-corrected chi connectivity index (χ0v) is 11.3. The summed E-state index contributed by atoms with van der Waals surface area (Å²) in [6.07, 6.45) is 1.53. The molecule has 19 heavy (non-hydrogen) atoms. The second-order valence-electron chi connectivity index (χ2n) is 4.13. The number of H-pyrrole nitrogens is 1. The Balaban J connectivity index is 2.93. The molecule has 0 saturated heterocycles. The minimum absolute atomic E-state index is 0.332. The molecule has 0 spiro atoms. The van der Waals surface area contributed by atoms with Crippen LogP contribution < -0.4 is 16.1 Å². The molecule has 2 heterocycles. The summed E-state index contributed by atoms with van der Waals surface area (Å²) in [7, 11) is 1.58. The molecule has 0 saturated carbocycles. The van der Waals surface area contributed by atoms with Crippen molar-refractivity contribution in [3.63, 3.8) is 0 Å². The number of aromatic nitrogens is 4. The molecule has 2 aromatic rings. The van der Waals surface area contributed by atoms with Crippen molar-refractivity contribution < 1.29 is 0 Å². The molecule has 0 bridgehead atoms. The Labute approximate surface area is 109 Å². The molecule has 0 atom stereocenters. The minimum atomic E-state index is -0.475. The summed E-state index contributed by atoms with van der Waals surface area (Å²) < 4.78 is 2.93. The Hall–Kier alpha value is -2.31. The SMILES string of the molecule is C=Cn1c(N(CC)CC)nc2c1c(=O)[nH]c(=O)n2C. The van der Waals surface area contributed by atoms with Crippen molar-refractivity contribution >= 4 is 23.3 Å².